The predicted molar refractivity (Wildman–Crippen MR) is 125 cm³/mol. The third-order valence-corrected chi connectivity index (χ3v) is 6.21. The van der Waals surface area contributed by atoms with E-state index in [0.29, 0.717) is 34.4 Å². The van der Waals surface area contributed by atoms with Crippen molar-refractivity contribution in [1.82, 2.24) is 38.2 Å². The monoisotopic (exact) mass is 474 g/mol. The Bertz CT molecular complexity index is 1490. The number of aromatic nitrogens is 8. The molecule has 0 aliphatic carbocycles. The van der Waals surface area contributed by atoms with E-state index in [4.69, 9.17) is 0 Å². The van der Waals surface area contributed by atoms with Gasteiger partial charge in [-0.3, -0.25) is 28.7 Å². The van der Waals surface area contributed by atoms with Gasteiger partial charge < -0.3 is 9.13 Å². The molecule has 0 bridgehead atoms. The quantitative estimate of drug-likeness (QED) is 0.417. The molecule has 0 radical (unpaired) electrons. The van der Waals surface area contributed by atoms with E-state index in [-0.39, 0.29) is 23.1 Å². The normalized spacial score (nSPS) is 12.1. The SMILES string of the molecule is CC(C)Cn1c(Sc2nc3c(c(=O)[nH]c(=O)n3C)n2CC(C)C)nc2c1c(=O)[nH]c(=O)n2C. The molecule has 4 aromatic heterocycles. The zero-order valence-electron chi connectivity index (χ0n) is 19.3. The number of rotatable bonds is 6. The molecule has 4 aromatic rings. The summed E-state index contributed by atoms with van der Waals surface area (Å²) >= 11 is 1.19. The van der Waals surface area contributed by atoms with E-state index in [0.717, 1.165) is 0 Å². The number of nitrogens with one attached hydrogen (secondary N) is 2. The maximum absolute atomic E-state index is 12.7. The topological polar surface area (TPSA) is 145 Å². The third kappa shape index (κ3) is 3.86. The van der Waals surface area contributed by atoms with Gasteiger partial charge in [0.05, 0.1) is 0 Å². The summed E-state index contributed by atoms with van der Waals surface area (Å²) in [5.41, 5.74) is -0.994. The average Bonchev–Trinajstić information content (AvgIpc) is 3.24. The summed E-state index contributed by atoms with van der Waals surface area (Å²) in [5.74, 6) is 0.382. The summed E-state index contributed by atoms with van der Waals surface area (Å²) in [6.45, 7) is 9.03. The van der Waals surface area contributed by atoms with Crippen molar-refractivity contribution in [3.8, 4) is 0 Å². The highest BCUT2D eigenvalue weighted by atomic mass is 32.2. The van der Waals surface area contributed by atoms with Crippen LogP contribution in [0.5, 0.6) is 0 Å². The molecule has 0 saturated carbocycles. The van der Waals surface area contributed by atoms with Crippen molar-refractivity contribution < 1.29 is 0 Å². The molecule has 0 amide bonds. The van der Waals surface area contributed by atoms with Gasteiger partial charge in [0.2, 0.25) is 0 Å². The van der Waals surface area contributed by atoms with Crippen LogP contribution >= 0.6 is 11.8 Å². The number of aromatic amines is 2. The number of hydrogen-bond acceptors (Lipinski definition) is 7. The molecule has 12 nitrogen and oxygen atoms in total. The first-order valence-corrected chi connectivity index (χ1v) is 11.4. The Morgan fingerprint density at radius 3 is 1.42 bits per heavy atom. The second-order valence-electron chi connectivity index (χ2n) is 8.88. The second kappa shape index (κ2) is 8.21. The molecule has 0 saturated heterocycles. The van der Waals surface area contributed by atoms with Crippen molar-refractivity contribution in [2.45, 2.75) is 51.1 Å². The van der Waals surface area contributed by atoms with Crippen molar-refractivity contribution in [1.29, 1.82) is 0 Å². The summed E-state index contributed by atoms with van der Waals surface area (Å²) in [7, 11) is 3.09. The molecule has 4 rings (SSSR count). The molecule has 0 fully saturated rings. The lowest BCUT2D eigenvalue weighted by Gasteiger charge is -2.13. The van der Waals surface area contributed by atoms with Crippen LogP contribution in [0.4, 0.5) is 0 Å². The van der Waals surface area contributed by atoms with Gasteiger partial charge in [-0.15, -0.1) is 0 Å². The fourth-order valence-corrected chi connectivity index (χ4v) is 4.72. The van der Waals surface area contributed by atoms with Crippen LogP contribution in [0.2, 0.25) is 0 Å². The molecule has 0 unspecified atom stereocenters. The van der Waals surface area contributed by atoms with E-state index in [2.05, 4.69) is 19.9 Å². The van der Waals surface area contributed by atoms with E-state index in [1.807, 2.05) is 27.7 Å². The van der Waals surface area contributed by atoms with Crippen LogP contribution in [0.1, 0.15) is 27.7 Å². The van der Waals surface area contributed by atoms with Crippen molar-refractivity contribution >= 4 is 34.1 Å². The van der Waals surface area contributed by atoms with Crippen molar-refractivity contribution in [2.75, 3.05) is 0 Å². The summed E-state index contributed by atoms with van der Waals surface area (Å²) in [4.78, 5) is 63.4. The molecule has 0 spiro atoms. The zero-order valence-corrected chi connectivity index (χ0v) is 20.1. The minimum Gasteiger partial charge on any atom is -0.312 e. The van der Waals surface area contributed by atoms with Crippen LogP contribution < -0.4 is 22.5 Å². The Morgan fingerprint density at radius 1 is 0.727 bits per heavy atom. The Balaban J connectivity index is 2.01. The number of fused-ring (bicyclic) bond motifs is 2. The van der Waals surface area contributed by atoms with E-state index < -0.39 is 22.5 Å². The van der Waals surface area contributed by atoms with Crippen molar-refractivity contribution in [2.24, 2.45) is 25.9 Å². The van der Waals surface area contributed by atoms with Gasteiger partial charge in [-0.05, 0) is 23.6 Å². The van der Waals surface area contributed by atoms with Crippen LogP contribution in [-0.2, 0) is 27.2 Å². The fraction of sp³-hybridized carbons (Fsp3) is 0.500. The number of nitrogens with zero attached hydrogens (tertiary/aromatic N) is 6. The first-order valence-electron chi connectivity index (χ1n) is 10.6. The van der Waals surface area contributed by atoms with Gasteiger partial charge in [-0.25, -0.2) is 19.6 Å². The lowest BCUT2D eigenvalue weighted by Crippen LogP contribution is -2.29. The number of H-pyrrole nitrogens is 2. The lowest BCUT2D eigenvalue weighted by molar-refractivity contribution is 0.496. The van der Waals surface area contributed by atoms with E-state index in [1.165, 1.54) is 20.9 Å². The van der Waals surface area contributed by atoms with Crippen LogP contribution in [0.3, 0.4) is 0 Å². The number of imidazole rings is 2. The molecular weight excluding hydrogens is 448 g/mol. The van der Waals surface area contributed by atoms with Crippen LogP contribution in [0, 0.1) is 11.8 Å². The molecule has 13 heteroatoms. The summed E-state index contributed by atoms with van der Waals surface area (Å²) in [5, 5.41) is 0.930. The Hall–Kier alpha value is -3.35. The molecule has 33 heavy (non-hydrogen) atoms. The Morgan fingerprint density at radius 2 is 1.09 bits per heavy atom. The van der Waals surface area contributed by atoms with Gasteiger partial charge in [0, 0.05) is 27.2 Å². The van der Waals surface area contributed by atoms with E-state index in [9.17, 15) is 19.2 Å². The van der Waals surface area contributed by atoms with Crippen LogP contribution in [-0.4, -0.2) is 38.2 Å². The molecule has 0 aromatic carbocycles. The smallest absolute Gasteiger partial charge is 0.312 e. The van der Waals surface area contributed by atoms with Gasteiger partial charge in [0.15, 0.2) is 32.6 Å². The Kier molecular flexibility index (Phi) is 5.68. The minimum atomic E-state index is -0.549. The zero-order chi connectivity index (χ0) is 24.2. The maximum atomic E-state index is 12.7. The van der Waals surface area contributed by atoms with Crippen molar-refractivity contribution in [3.05, 3.63) is 41.7 Å². The first-order chi connectivity index (χ1) is 15.5. The molecule has 0 atom stereocenters. The minimum absolute atomic E-state index is 0.191. The predicted octanol–water partition coefficient (Wildman–Crippen LogP) is 0.623. The van der Waals surface area contributed by atoms with Gasteiger partial charge in [-0.1, -0.05) is 27.7 Å². The molecule has 2 N–H and O–H groups in total. The molecule has 0 aliphatic rings. The molecule has 4 heterocycles. The fourth-order valence-electron chi connectivity index (χ4n) is 3.74. The first kappa shape index (κ1) is 22.8. The highest BCUT2D eigenvalue weighted by Crippen LogP contribution is 2.31. The van der Waals surface area contributed by atoms with Crippen molar-refractivity contribution in [3.63, 3.8) is 0 Å². The largest absolute Gasteiger partial charge is 0.329 e. The third-order valence-electron chi connectivity index (χ3n) is 5.22. The summed E-state index contributed by atoms with van der Waals surface area (Å²) < 4.78 is 6.13. The van der Waals surface area contributed by atoms with Gasteiger partial charge >= 0.3 is 11.4 Å². The maximum Gasteiger partial charge on any atom is 0.329 e. The number of hydrogen-bond donors (Lipinski definition) is 2. The highest BCUT2D eigenvalue weighted by Gasteiger charge is 2.23. The highest BCUT2D eigenvalue weighted by molar-refractivity contribution is 7.99. The molecule has 0 aliphatic heterocycles. The van der Waals surface area contributed by atoms with E-state index >= 15 is 0 Å². The second-order valence-corrected chi connectivity index (χ2v) is 9.82. The summed E-state index contributed by atoms with van der Waals surface area (Å²) in [6, 6.07) is 0. The standard InChI is InChI=1S/C20H26N8O4S/c1-9(2)7-27-11-13(25(5)17(31)23-15(11)29)21-19(27)33-20-22-14-12(28(20)8-10(3)4)16(30)24-18(32)26(14)6/h9-10H,7-8H2,1-6H3,(H,23,29,31)(H,24,30,32). The molecule has 176 valence electrons. The summed E-state index contributed by atoms with van der Waals surface area (Å²) in [6.07, 6.45) is 0. The number of aryl methyl sites for hydroxylation is 2. The van der Waals surface area contributed by atoms with Gasteiger partial charge in [0.25, 0.3) is 11.1 Å². The van der Waals surface area contributed by atoms with E-state index in [1.54, 1.807) is 23.2 Å². The Labute approximate surface area is 191 Å². The van der Waals surface area contributed by atoms with Gasteiger partial charge in [-0.2, -0.15) is 0 Å². The lowest BCUT2D eigenvalue weighted by atomic mass is 10.2. The average molecular weight is 475 g/mol. The van der Waals surface area contributed by atoms with Gasteiger partial charge in [0.1, 0.15) is 0 Å². The van der Waals surface area contributed by atoms with Crippen LogP contribution in [0.25, 0.3) is 22.3 Å². The molecular formula is C20H26N8O4S. The van der Waals surface area contributed by atoms with Crippen LogP contribution in [0.15, 0.2) is 29.5 Å².